The lowest BCUT2D eigenvalue weighted by Crippen LogP contribution is -2.00. The van der Waals surface area contributed by atoms with Gasteiger partial charge in [0.05, 0.1) is 6.20 Å². The number of allylic oxidation sites excluding steroid dienone is 1. The number of ether oxygens (including phenoxy) is 1. The number of rotatable bonds is 5. The fourth-order valence-corrected chi connectivity index (χ4v) is 1.75. The van der Waals surface area contributed by atoms with Gasteiger partial charge in [-0.2, -0.15) is 0 Å². The Morgan fingerprint density at radius 3 is 2.89 bits per heavy atom. The van der Waals surface area contributed by atoms with Gasteiger partial charge in [-0.3, -0.25) is 4.98 Å². The molecule has 0 aliphatic carbocycles. The minimum Gasteiger partial charge on any atom is -0.489 e. The Kier molecular flexibility index (Phi) is 4.13. The van der Waals surface area contributed by atoms with Gasteiger partial charge in [0.2, 0.25) is 0 Å². The van der Waals surface area contributed by atoms with Gasteiger partial charge in [-0.25, -0.2) is 4.39 Å². The molecule has 1 aromatic heterocycles. The number of halogens is 1. The van der Waals surface area contributed by atoms with Crippen LogP contribution in [0.15, 0.2) is 49.3 Å². The van der Waals surface area contributed by atoms with E-state index in [1.807, 2.05) is 6.07 Å². The van der Waals surface area contributed by atoms with E-state index in [0.29, 0.717) is 17.7 Å². The lowest BCUT2D eigenvalue weighted by molar-refractivity contribution is 0.302. The van der Waals surface area contributed by atoms with Crippen LogP contribution in [0.2, 0.25) is 0 Å². The number of aromatic nitrogens is 1. The molecular formula is C15H15FN2O. The van der Waals surface area contributed by atoms with Gasteiger partial charge < -0.3 is 10.5 Å². The summed E-state index contributed by atoms with van der Waals surface area (Å²) in [4.78, 5) is 3.78. The van der Waals surface area contributed by atoms with Crippen molar-refractivity contribution in [3.63, 3.8) is 0 Å². The van der Waals surface area contributed by atoms with Gasteiger partial charge in [0.25, 0.3) is 0 Å². The summed E-state index contributed by atoms with van der Waals surface area (Å²) in [5, 5.41) is 0. The third-order valence-corrected chi connectivity index (χ3v) is 2.60. The molecule has 0 spiro atoms. The predicted molar refractivity (Wildman–Crippen MR) is 73.3 cm³/mol. The summed E-state index contributed by atoms with van der Waals surface area (Å²) >= 11 is 0. The van der Waals surface area contributed by atoms with Crippen LogP contribution >= 0.6 is 0 Å². The summed E-state index contributed by atoms with van der Waals surface area (Å²) in [6.07, 6.45) is 5.19. The molecule has 3 nitrogen and oxygen atoms in total. The molecule has 1 heterocycles. The van der Waals surface area contributed by atoms with Crippen LogP contribution in [-0.2, 0) is 13.0 Å². The monoisotopic (exact) mass is 258 g/mol. The van der Waals surface area contributed by atoms with Crippen LogP contribution in [0, 0.1) is 5.82 Å². The highest BCUT2D eigenvalue weighted by Gasteiger charge is 2.04. The SMILES string of the molecule is C=CCc1cc(N)ccc1OCc1cncc(F)c1. The molecule has 0 aliphatic heterocycles. The minimum absolute atomic E-state index is 0.263. The van der Waals surface area contributed by atoms with Gasteiger partial charge in [0.1, 0.15) is 18.2 Å². The second kappa shape index (κ2) is 6.00. The fraction of sp³-hybridized carbons (Fsp3) is 0.133. The normalized spacial score (nSPS) is 10.2. The van der Waals surface area contributed by atoms with Gasteiger partial charge in [-0.05, 0) is 36.2 Å². The first kappa shape index (κ1) is 13.1. The Balaban J connectivity index is 2.12. The topological polar surface area (TPSA) is 48.1 Å². The molecule has 0 bridgehead atoms. The highest BCUT2D eigenvalue weighted by Crippen LogP contribution is 2.23. The zero-order valence-electron chi connectivity index (χ0n) is 10.5. The average molecular weight is 258 g/mol. The lowest BCUT2D eigenvalue weighted by atomic mass is 10.1. The van der Waals surface area contributed by atoms with E-state index in [4.69, 9.17) is 10.5 Å². The summed E-state index contributed by atoms with van der Waals surface area (Å²) in [6.45, 7) is 3.96. The molecule has 4 heteroatoms. The van der Waals surface area contributed by atoms with Gasteiger partial charge >= 0.3 is 0 Å². The first-order valence-corrected chi connectivity index (χ1v) is 5.90. The molecule has 0 radical (unpaired) electrons. The number of hydrogen-bond donors (Lipinski definition) is 1. The molecular weight excluding hydrogens is 243 g/mol. The molecule has 0 unspecified atom stereocenters. The van der Waals surface area contributed by atoms with Crippen molar-refractivity contribution in [1.29, 1.82) is 0 Å². The zero-order chi connectivity index (χ0) is 13.7. The molecule has 19 heavy (non-hydrogen) atoms. The largest absolute Gasteiger partial charge is 0.489 e. The Bertz CT molecular complexity index is 584. The van der Waals surface area contributed by atoms with Gasteiger partial charge in [0, 0.05) is 17.4 Å². The minimum atomic E-state index is -0.371. The number of nitrogen functional groups attached to an aromatic ring is 1. The summed E-state index contributed by atoms with van der Waals surface area (Å²) in [5.41, 5.74) is 8.05. The molecule has 98 valence electrons. The van der Waals surface area contributed by atoms with Crippen molar-refractivity contribution in [3.05, 3.63) is 66.3 Å². The number of benzene rings is 1. The average Bonchev–Trinajstić information content (AvgIpc) is 2.38. The summed E-state index contributed by atoms with van der Waals surface area (Å²) in [6, 6.07) is 6.82. The maximum absolute atomic E-state index is 13.0. The van der Waals surface area contributed by atoms with Crippen molar-refractivity contribution >= 4 is 5.69 Å². The number of nitrogens with zero attached hydrogens (tertiary/aromatic N) is 1. The summed E-state index contributed by atoms with van der Waals surface area (Å²) < 4.78 is 18.7. The summed E-state index contributed by atoms with van der Waals surface area (Å²) in [7, 11) is 0. The fourth-order valence-electron chi connectivity index (χ4n) is 1.75. The number of nitrogens with two attached hydrogens (primary N) is 1. The molecule has 0 fully saturated rings. The van der Waals surface area contributed by atoms with E-state index in [9.17, 15) is 4.39 Å². The standard InChI is InChI=1S/C15H15FN2O/c1-2-3-12-7-14(17)4-5-15(12)19-10-11-6-13(16)9-18-8-11/h2,4-9H,1,3,10,17H2. The third-order valence-electron chi connectivity index (χ3n) is 2.60. The summed E-state index contributed by atoms with van der Waals surface area (Å²) in [5.74, 6) is 0.350. The van der Waals surface area contributed by atoms with E-state index < -0.39 is 0 Å². The molecule has 0 aliphatic rings. The van der Waals surface area contributed by atoms with E-state index in [1.165, 1.54) is 6.07 Å². The molecule has 2 aromatic rings. The highest BCUT2D eigenvalue weighted by atomic mass is 19.1. The van der Waals surface area contributed by atoms with Crippen molar-refractivity contribution in [2.45, 2.75) is 13.0 Å². The van der Waals surface area contributed by atoms with E-state index >= 15 is 0 Å². The van der Waals surface area contributed by atoms with E-state index in [2.05, 4.69) is 11.6 Å². The zero-order valence-corrected chi connectivity index (χ0v) is 10.5. The Hall–Kier alpha value is -2.36. The van der Waals surface area contributed by atoms with E-state index in [-0.39, 0.29) is 12.4 Å². The first-order valence-electron chi connectivity index (χ1n) is 5.90. The number of pyridine rings is 1. The smallest absolute Gasteiger partial charge is 0.141 e. The quantitative estimate of drug-likeness (QED) is 0.662. The molecule has 0 saturated carbocycles. The molecule has 1 aromatic carbocycles. The molecule has 0 amide bonds. The Morgan fingerprint density at radius 1 is 1.32 bits per heavy atom. The third kappa shape index (κ3) is 3.55. The Labute approximate surface area is 111 Å². The van der Waals surface area contributed by atoms with E-state index in [0.717, 1.165) is 17.5 Å². The van der Waals surface area contributed by atoms with Crippen molar-refractivity contribution < 1.29 is 9.13 Å². The van der Waals surface area contributed by atoms with Crippen LogP contribution in [0.5, 0.6) is 5.75 Å². The van der Waals surface area contributed by atoms with Crippen molar-refractivity contribution in [2.24, 2.45) is 0 Å². The first-order chi connectivity index (χ1) is 9.19. The number of hydrogen-bond acceptors (Lipinski definition) is 3. The van der Waals surface area contributed by atoms with Crippen molar-refractivity contribution in [2.75, 3.05) is 5.73 Å². The second-order valence-electron chi connectivity index (χ2n) is 4.16. The maximum Gasteiger partial charge on any atom is 0.141 e. The van der Waals surface area contributed by atoms with Crippen LogP contribution in [0.25, 0.3) is 0 Å². The molecule has 0 saturated heterocycles. The van der Waals surface area contributed by atoms with Crippen molar-refractivity contribution in [1.82, 2.24) is 4.98 Å². The van der Waals surface area contributed by atoms with Gasteiger partial charge in [-0.1, -0.05) is 6.08 Å². The van der Waals surface area contributed by atoms with Crippen LogP contribution < -0.4 is 10.5 Å². The van der Waals surface area contributed by atoms with E-state index in [1.54, 1.807) is 24.4 Å². The van der Waals surface area contributed by atoms with Gasteiger partial charge in [-0.15, -0.1) is 6.58 Å². The number of anilines is 1. The lowest BCUT2D eigenvalue weighted by Gasteiger charge is -2.11. The predicted octanol–water partition coefficient (Wildman–Crippen LogP) is 3.11. The van der Waals surface area contributed by atoms with Crippen LogP contribution in [0.4, 0.5) is 10.1 Å². The van der Waals surface area contributed by atoms with Crippen molar-refractivity contribution in [3.8, 4) is 5.75 Å². The molecule has 2 rings (SSSR count). The maximum atomic E-state index is 13.0. The van der Waals surface area contributed by atoms with Crippen LogP contribution in [-0.4, -0.2) is 4.98 Å². The Morgan fingerprint density at radius 2 is 2.16 bits per heavy atom. The van der Waals surface area contributed by atoms with Crippen LogP contribution in [0.1, 0.15) is 11.1 Å². The van der Waals surface area contributed by atoms with Crippen LogP contribution in [0.3, 0.4) is 0 Å². The molecule has 0 atom stereocenters. The highest BCUT2D eigenvalue weighted by molar-refractivity contribution is 5.48. The second-order valence-corrected chi connectivity index (χ2v) is 4.16. The molecule has 2 N–H and O–H groups in total. The van der Waals surface area contributed by atoms with Gasteiger partial charge in [0.15, 0.2) is 0 Å².